The normalized spacial score (nSPS) is 11.9. The monoisotopic (exact) mass is 466 g/mol. The van der Waals surface area contributed by atoms with Crippen molar-refractivity contribution in [2.24, 2.45) is 0 Å². The van der Waals surface area contributed by atoms with E-state index in [2.05, 4.69) is 15.1 Å². The fraction of sp³-hybridized carbons (Fsp3) is 0.200. The van der Waals surface area contributed by atoms with Crippen LogP contribution in [0.15, 0.2) is 59.8 Å². The lowest BCUT2D eigenvalue weighted by Crippen LogP contribution is -2.22. The number of rotatable bonds is 5. The second-order valence-corrected chi connectivity index (χ2v) is 10.1. The Bertz CT molecular complexity index is 1200. The van der Waals surface area contributed by atoms with Crippen molar-refractivity contribution in [3.63, 3.8) is 0 Å². The van der Waals surface area contributed by atoms with Crippen molar-refractivity contribution in [1.82, 2.24) is 9.78 Å². The number of nitrogens with one attached hydrogen (secondary N) is 2. The zero-order chi connectivity index (χ0) is 22.1. The van der Waals surface area contributed by atoms with E-state index < -0.39 is 10.0 Å². The molecule has 0 fully saturated rings. The van der Waals surface area contributed by atoms with Crippen molar-refractivity contribution in [1.29, 1.82) is 0 Å². The molecule has 0 aliphatic heterocycles. The van der Waals surface area contributed by atoms with E-state index in [-0.39, 0.29) is 37.6 Å². The molecule has 0 saturated carbocycles. The van der Waals surface area contributed by atoms with Gasteiger partial charge in [0.1, 0.15) is 0 Å². The molecule has 1 heterocycles. The molecule has 0 unspecified atom stereocenters. The van der Waals surface area contributed by atoms with Crippen molar-refractivity contribution in [2.45, 2.75) is 31.2 Å². The minimum absolute atomic E-state index is 0.0404. The minimum atomic E-state index is -3.91. The lowest BCUT2D eigenvalue weighted by molar-refractivity contribution is 0.102. The van der Waals surface area contributed by atoms with Crippen LogP contribution >= 0.6 is 23.2 Å². The minimum Gasteiger partial charge on any atom is -0.319 e. The van der Waals surface area contributed by atoms with E-state index in [1.807, 2.05) is 20.8 Å². The van der Waals surface area contributed by atoms with Crippen LogP contribution in [0.25, 0.3) is 0 Å². The molecule has 0 aliphatic rings. The molecular weight excluding hydrogens is 447 g/mol. The molecule has 2 aromatic carbocycles. The summed E-state index contributed by atoms with van der Waals surface area (Å²) in [5, 5.41) is 7.37. The quantitative estimate of drug-likeness (QED) is 0.553. The summed E-state index contributed by atoms with van der Waals surface area (Å²) in [7, 11) is -3.91. The second kappa shape index (κ2) is 8.29. The Morgan fingerprint density at radius 2 is 1.77 bits per heavy atom. The molecule has 0 atom stereocenters. The average molecular weight is 467 g/mol. The van der Waals surface area contributed by atoms with E-state index in [4.69, 9.17) is 23.2 Å². The third-order valence-electron chi connectivity index (χ3n) is 4.11. The highest BCUT2D eigenvalue weighted by Crippen LogP contribution is 2.26. The average Bonchev–Trinajstić information content (AvgIpc) is 3.12. The van der Waals surface area contributed by atoms with Gasteiger partial charge in [-0.1, -0.05) is 29.3 Å². The standard InChI is InChI=1S/C20H20Cl2N4O3S/c1-20(2,3)26-12-15(11-23-26)24-19(27)13-5-4-6-14(9-13)25-30(28,29)16-7-8-17(21)18(22)10-16/h4-12,25H,1-3H3,(H,24,27). The van der Waals surface area contributed by atoms with Crippen LogP contribution in [-0.4, -0.2) is 24.1 Å². The Morgan fingerprint density at radius 3 is 2.40 bits per heavy atom. The number of nitrogens with zero attached hydrogens (tertiary/aromatic N) is 2. The van der Waals surface area contributed by atoms with Crippen LogP contribution in [0, 0.1) is 0 Å². The molecule has 10 heteroatoms. The number of benzene rings is 2. The first-order valence-electron chi connectivity index (χ1n) is 8.90. The first kappa shape index (κ1) is 22.1. The molecule has 0 spiro atoms. The lowest BCUT2D eigenvalue weighted by atomic mass is 10.1. The largest absolute Gasteiger partial charge is 0.319 e. The molecule has 2 N–H and O–H groups in total. The molecule has 0 bridgehead atoms. The molecule has 1 amide bonds. The predicted octanol–water partition coefficient (Wildman–Crippen LogP) is 5.00. The smallest absolute Gasteiger partial charge is 0.261 e. The summed E-state index contributed by atoms with van der Waals surface area (Å²) in [6, 6.07) is 10.2. The number of hydrogen-bond donors (Lipinski definition) is 2. The van der Waals surface area contributed by atoms with E-state index >= 15 is 0 Å². The summed E-state index contributed by atoms with van der Waals surface area (Å²) in [6.45, 7) is 5.99. The number of carbonyl (C=O) groups is 1. The van der Waals surface area contributed by atoms with Gasteiger partial charge in [0.15, 0.2) is 0 Å². The summed E-state index contributed by atoms with van der Waals surface area (Å²) < 4.78 is 29.4. The number of carbonyl (C=O) groups excluding carboxylic acids is 1. The maximum atomic E-state index is 12.6. The molecule has 0 radical (unpaired) electrons. The summed E-state index contributed by atoms with van der Waals surface area (Å²) >= 11 is 11.8. The second-order valence-electron chi connectivity index (χ2n) is 7.56. The Hall–Kier alpha value is -2.55. The van der Waals surface area contributed by atoms with Gasteiger partial charge in [-0.15, -0.1) is 0 Å². The van der Waals surface area contributed by atoms with Crippen LogP contribution in [0.5, 0.6) is 0 Å². The van der Waals surface area contributed by atoms with Gasteiger partial charge in [0.2, 0.25) is 0 Å². The van der Waals surface area contributed by atoms with Crippen LogP contribution in [-0.2, 0) is 15.6 Å². The number of aromatic nitrogens is 2. The number of anilines is 2. The van der Waals surface area contributed by atoms with Crippen LogP contribution < -0.4 is 10.0 Å². The summed E-state index contributed by atoms with van der Waals surface area (Å²) in [5.41, 5.74) is 0.842. The van der Waals surface area contributed by atoms with Crippen molar-refractivity contribution in [3.05, 3.63) is 70.5 Å². The fourth-order valence-electron chi connectivity index (χ4n) is 2.54. The Labute approximate surface area is 185 Å². The lowest BCUT2D eigenvalue weighted by Gasteiger charge is -2.18. The van der Waals surface area contributed by atoms with E-state index in [1.54, 1.807) is 35.3 Å². The maximum Gasteiger partial charge on any atom is 0.261 e. The van der Waals surface area contributed by atoms with Crippen molar-refractivity contribution >= 4 is 50.5 Å². The predicted molar refractivity (Wildman–Crippen MR) is 119 cm³/mol. The zero-order valence-corrected chi connectivity index (χ0v) is 18.8. The van der Waals surface area contributed by atoms with Crippen LogP contribution in [0.4, 0.5) is 11.4 Å². The SMILES string of the molecule is CC(C)(C)n1cc(NC(=O)c2cccc(NS(=O)(=O)c3ccc(Cl)c(Cl)c3)c2)cn1. The molecule has 158 valence electrons. The van der Waals surface area contributed by atoms with Gasteiger partial charge in [-0.25, -0.2) is 8.42 Å². The first-order chi connectivity index (χ1) is 14.0. The molecule has 30 heavy (non-hydrogen) atoms. The Balaban J connectivity index is 1.77. The number of hydrogen-bond acceptors (Lipinski definition) is 4. The highest BCUT2D eigenvalue weighted by Gasteiger charge is 2.18. The Kier molecular flexibility index (Phi) is 6.12. The number of sulfonamides is 1. The third kappa shape index (κ3) is 5.13. The fourth-order valence-corrected chi connectivity index (χ4v) is 3.98. The summed E-state index contributed by atoms with van der Waals surface area (Å²) in [6.07, 6.45) is 3.29. The van der Waals surface area contributed by atoms with E-state index in [1.165, 1.54) is 24.3 Å². The van der Waals surface area contributed by atoms with Crippen molar-refractivity contribution in [3.8, 4) is 0 Å². The van der Waals surface area contributed by atoms with Gasteiger partial charge in [0.05, 0.1) is 32.4 Å². The van der Waals surface area contributed by atoms with Gasteiger partial charge in [0, 0.05) is 17.4 Å². The number of halogens is 2. The highest BCUT2D eigenvalue weighted by molar-refractivity contribution is 7.92. The Morgan fingerprint density at radius 1 is 1.03 bits per heavy atom. The van der Waals surface area contributed by atoms with Gasteiger partial charge in [0.25, 0.3) is 15.9 Å². The summed E-state index contributed by atoms with van der Waals surface area (Å²) in [4.78, 5) is 12.5. The topological polar surface area (TPSA) is 93.1 Å². The molecule has 3 rings (SSSR count). The van der Waals surface area contributed by atoms with E-state index in [9.17, 15) is 13.2 Å². The maximum absolute atomic E-state index is 12.6. The van der Waals surface area contributed by atoms with E-state index in [0.717, 1.165) is 0 Å². The number of amides is 1. The van der Waals surface area contributed by atoms with Gasteiger partial charge in [-0.05, 0) is 57.2 Å². The van der Waals surface area contributed by atoms with Crippen LogP contribution in [0.1, 0.15) is 31.1 Å². The molecule has 0 aliphatic carbocycles. The van der Waals surface area contributed by atoms with Crippen LogP contribution in [0.3, 0.4) is 0 Å². The third-order valence-corrected chi connectivity index (χ3v) is 6.22. The molecule has 7 nitrogen and oxygen atoms in total. The molecular formula is C20H20Cl2N4O3S. The van der Waals surface area contributed by atoms with Gasteiger partial charge in [-0.3, -0.25) is 14.2 Å². The molecule has 3 aromatic rings. The van der Waals surface area contributed by atoms with Crippen molar-refractivity contribution < 1.29 is 13.2 Å². The first-order valence-corrected chi connectivity index (χ1v) is 11.1. The highest BCUT2D eigenvalue weighted by atomic mass is 35.5. The van der Waals surface area contributed by atoms with Gasteiger partial charge < -0.3 is 5.32 Å². The summed E-state index contributed by atoms with van der Waals surface area (Å²) in [5.74, 6) is -0.390. The zero-order valence-electron chi connectivity index (χ0n) is 16.5. The van der Waals surface area contributed by atoms with Gasteiger partial charge in [-0.2, -0.15) is 5.10 Å². The van der Waals surface area contributed by atoms with Crippen molar-refractivity contribution in [2.75, 3.05) is 10.0 Å². The molecule has 1 aromatic heterocycles. The van der Waals surface area contributed by atoms with E-state index in [0.29, 0.717) is 5.69 Å². The van der Waals surface area contributed by atoms with Gasteiger partial charge >= 0.3 is 0 Å². The van der Waals surface area contributed by atoms with Crippen LogP contribution in [0.2, 0.25) is 10.0 Å². The molecule has 0 saturated heterocycles.